The highest BCUT2D eigenvalue weighted by Gasteiger charge is 2.17. The Hall–Kier alpha value is -1.16. The average Bonchev–Trinajstić information content (AvgIpc) is 2.59. The third-order valence-electron chi connectivity index (χ3n) is 4.65. The molecule has 3 rings (SSSR count). The molecule has 1 saturated heterocycles. The largest absolute Gasteiger partial charge is 0.297 e. The molecule has 2 aromatic rings. The molecule has 1 heterocycles. The molecule has 0 bridgehead atoms. The van der Waals surface area contributed by atoms with Crippen LogP contribution in [0.3, 0.4) is 0 Å². The van der Waals surface area contributed by atoms with Crippen molar-refractivity contribution < 1.29 is 0 Å². The molecule has 0 saturated carbocycles. The van der Waals surface area contributed by atoms with Crippen LogP contribution in [0.2, 0.25) is 0 Å². The van der Waals surface area contributed by atoms with Crippen molar-refractivity contribution in [2.75, 3.05) is 26.2 Å². The summed E-state index contributed by atoms with van der Waals surface area (Å²) in [5, 5.41) is 0. The van der Waals surface area contributed by atoms with Crippen molar-refractivity contribution in [3.63, 3.8) is 0 Å². The van der Waals surface area contributed by atoms with E-state index < -0.39 is 0 Å². The predicted molar refractivity (Wildman–Crippen MR) is 101 cm³/mol. The monoisotopic (exact) mass is 372 g/mol. The molecule has 0 amide bonds. The van der Waals surface area contributed by atoms with Gasteiger partial charge in [-0.25, -0.2) is 0 Å². The van der Waals surface area contributed by atoms with E-state index in [1.807, 2.05) is 0 Å². The minimum atomic E-state index is 1.04. The molecule has 0 radical (unpaired) electrons. The summed E-state index contributed by atoms with van der Waals surface area (Å²) in [6, 6.07) is 17.6. The zero-order chi connectivity index (χ0) is 16.1. The molecule has 2 aromatic carbocycles. The van der Waals surface area contributed by atoms with E-state index in [1.165, 1.54) is 21.2 Å². The summed E-state index contributed by atoms with van der Waals surface area (Å²) in [5.74, 6) is 0. The molecule has 2 nitrogen and oxygen atoms in total. The van der Waals surface area contributed by atoms with Crippen LogP contribution in [-0.2, 0) is 19.5 Å². The van der Waals surface area contributed by atoms with Crippen molar-refractivity contribution in [1.82, 2.24) is 9.80 Å². The Morgan fingerprint density at radius 1 is 0.783 bits per heavy atom. The highest BCUT2D eigenvalue weighted by Crippen LogP contribution is 2.19. The molecule has 1 aliphatic heterocycles. The average molecular weight is 373 g/mol. The lowest BCUT2D eigenvalue weighted by molar-refractivity contribution is 0.122. The molecule has 0 aromatic heterocycles. The van der Waals surface area contributed by atoms with E-state index >= 15 is 0 Å². The maximum Gasteiger partial charge on any atom is 0.0246 e. The van der Waals surface area contributed by atoms with Crippen LogP contribution < -0.4 is 0 Å². The van der Waals surface area contributed by atoms with Crippen LogP contribution in [-0.4, -0.2) is 36.0 Å². The van der Waals surface area contributed by atoms with Gasteiger partial charge < -0.3 is 0 Å². The van der Waals surface area contributed by atoms with Crippen LogP contribution in [0.15, 0.2) is 53.0 Å². The van der Waals surface area contributed by atoms with Crippen molar-refractivity contribution in [2.45, 2.75) is 26.4 Å². The van der Waals surface area contributed by atoms with Gasteiger partial charge in [-0.05, 0) is 29.2 Å². The quantitative estimate of drug-likeness (QED) is 0.770. The van der Waals surface area contributed by atoms with Crippen molar-refractivity contribution >= 4 is 15.9 Å². The zero-order valence-electron chi connectivity index (χ0n) is 13.8. The van der Waals surface area contributed by atoms with Crippen molar-refractivity contribution in [2.24, 2.45) is 0 Å². The van der Waals surface area contributed by atoms with Gasteiger partial charge >= 0.3 is 0 Å². The van der Waals surface area contributed by atoms with E-state index in [9.17, 15) is 0 Å². The van der Waals surface area contributed by atoms with Crippen molar-refractivity contribution in [3.8, 4) is 0 Å². The fourth-order valence-electron chi connectivity index (χ4n) is 3.11. The van der Waals surface area contributed by atoms with Gasteiger partial charge in [0.2, 0.25) is 0 Å². The van der Waals surface area contributed by atoms with E-state index in [-0.39, 0.29) is 0 Å². The summed E-state index contributed by atoms with van der Waals surface area (Å²) in [6.07, 6.45) is 1.12. The van der Waals surface area contributed by atoms with E-state index in [1.54, 1.807) is 0 Å². The Labute approximate surface area is 148 Å². The van der Waals surface area contributed by atoms with Gasteiger partial charge in [0, 0.05) is 43.7 Å². The Morgan fingerprint density at radius 2 is 1.35 bits per heavy atom. The third-order valence-corrected chi connectivity index (χ3v) is 5.43. The first-order valence-electron chi connectivity index (χ1n) is 8.50. The topological polar surface area (TPSA) is 6.48 Å². The lowest BCUT2D eigenvalue weighted by Gasteiger charge is -2.35. The van der Waals surface area contributed by atoms with Gasteiger partial charge in [-0.15, -0.1) is 0 Å². The summed E-state index contributed by atoms with van der Waals surface area (Å²) in [7, 11) is 0. The number of rotatable bonds is 5. The number of hydrogen-bond acceptors (Lipinski definition) is 2. The first-order chi connectivity index (χ1) is 11.2. The van der Waals surface area contributed by atoms with Crippen LogP contribution in [0.4, 0.5) is 0 Å². The van der Waals surface area contributed by atoms with E-state index in [4.69, 9.17) is 0 Å². The Bertz CT molecular complexity index is 616. The second kappa shape index (κ2) is 8.09. The van der Waals surface area contributed by atoms with Crippen molar-refractivity contribution in [3.05, 3.63) is 69.7 Å². The maximum absolute atomic E-state index is 3.65. The van der Waals surface area contributed by atoms with Crippen LogP contribution in [0.5, 0.6) is 0 Å². The van der Waals surface area contributed by atoms with Gasteiger partial charge in [-0.1, -0.05) is 65.3 Å². The number of nitrogens with zero attached hydrogens (tertiary/aromatic N) is 2. The van der Waals surface area contributed by atoms with Crippen molar-refractivity contribution in [1.29, 1.82) is 0 Å². The molecule has 3 heteroatoms. The molecule has 1 fully saturated rings. The summed E-state index contributed by atoms with van der Waals surface area (Å²) >= 11 is 3.65. The molecular weight excluding hydrogens is 348 g/mol. The second-order valence-electron chi connectivity index (χ2n) is 6.31. The molecule has 0 spiro atoms. The Kier molecular flexibility index (Phi) is 5.87. The fourth-order valence-corrected chi connectivity index (χ4v) is 3.52. The van der Waals surface area contributed by atoms with Crippen LogP contribution in [0.1, 0.15) is 23.6 Å². The molecule has 1 aliphatic rings. The fraction of sp³-hybridized carbons (Fsp3) is 0.400. The number of hydrogen-bond donors (Lipinski definition) is 0. The highest BCUT2D eigenvalue weighted by molar-refractivity contribution is 9.10. The Balaban J connectivity index is 1.49. The van der Waals surface area contributed by atoms with Gasteiger partial charge in [-0.3, -0.25) is 9.80 Å². The summed E-state index contributed by atoms with van der Waals surface area (Å²) in [4.78, 5) is 5.12. The molecule has 0 atom stereocenters. The zero-order valence-corrected chi connectivity index (χ0v) is 15.4. The smallest absolute Gasteiger partial charge is 0.0246 e. The predicted octanol–water partition coefficient (Wildman–Crippen LogP) is 4.33. The van der Waals surface area contributed by atoms with E-state index in [0.29, 0.717) is 0 Å². The van der Waals surface area contributed by atoms with Gasteiger partial charge in [0.25, 0.3) is 0 Å². The molecule has 0 N–H and O–H groups in total. The molecule has 23 heavy (non-hydrogen) atoms. The minimum Gasteiger partial charge on any atom is -0.297 e. The van der Waals surface area contributed by atoms with E-state index in [2.05, 4.69) is 81.2 Å². The van der Waals surface area contributed by atoms with E-state index in [0.717, 1.165) is 45.7 Å². The maximum atomic E-state index is 3.65. The number of piperazine rings is 1. The number of benzene rings is 2. The van der Waals surface area contributed by atoms with Gasteiger partial charge in [-0.2, -0.15) is 0 Å². The van der Waals surface area contributed by atoms with Crippen LogP contribution >= 0.6 is 15.9 Å². The third kappa shape index (κ3) is 4.66. The molecular formula is C20H25BrN2. The van der Waals surface area contributed by atoms with Gasteiger partial charge in [0.15, 0.2) is 0 Å². The minimum absolute atomic E-state index is 1.04. The number of aryl methyl sites for hydroxylation is 1. The highest BCUT2D eigenvalue weighted by atomic mass is 79.9. The van der Waals surface area contributed by atoms with Crippen LogP contribution in [0.25, 0.3) is 0 Å². The molecule has 122 valence electrons. The SMILES string of the molecule is CCc1ccc(CN2CCN(Cc3ccccc3Br)CC2)cc1. The van der Waals surface area contributed by atoms with Gasteiger partial charge in [0.1, 0.15) is 0 Å². The standard InChI is InChI=1S/C20H25BrN2/c1-2-17-7-9-18(10-8-17)15-22-11-13-23(14-12-22)16-19-5-3-4-6-20(19)21/h3-10H,2,11-16H2,1H3. The lowest BCUT2D eigenvalue weighted by atomic mass is 10.1. The lowest BCUT2D eigenvalue weighted by Crippen LogP contribution is -2.45. The van der Waals surface area contributed by atoms with Gasteiger partial charge in [0.05, 0.1) is 0 Å². The molecule has 0 aliphatic carbocycles. The second-order valence-corrected chi connectivity index (χ2v) is 7.17. The summed E-state index contributed by atoms with van der Waals surface area (Å²) in [6.45, 7) is 8.93. The first kappa shape index (κ1) is 16.7. The van der Waals surface area contributed by atoms with Crippen LogP contribution in [0, 0.1) is 0 Å². The summed E-state index contributed by atoms with van der Waals surface area (Å²) in [5.41, 5.74) is 4.24. The summed E-state index contributed by atoms with van der Waals surface area (Å²) < 4.78 is 1.22. The number of halogens is 1. The Morgan fingerprint density at radius 3 is 1.96 bits per heavy atom. The first-order valence-corrected chi connectivity index (χ1v) is 9.30. The molecule has 0 unspecified atom stereocenters. The normalized spacial score (nSPS) is 16.6.